The van der Waals surface area contributed by atoms with Crippen molar-refractivity contribution in [1.82, 2.24) is 15.3 Å². The van der Waals surface area contributed by atoms with Gasteiger partial charge in [-0.15, -0.1) is 0 Å². The molecule has 0 bridgehead atoms. The van der Waals surface area contributed by atoms with Crippen molar-refractivity contribution in [1.29, 1.82) is 0 Å². The first kappa shape index (κ1) is 26.3. The first-order valence-corrected chi connectivity index (χ1v) is 13.2. The molecular weight excluding hydrogens is 546 g/mol. The summed E-state index contributed by atoms with van der Waals surface area (Å²) in [5.74, 6) is 2.09. The van der Waals surface area contributed by atoms with Gasteiger partial charge in [-0.1, -0.05) is 58.5 Å². The van der Waals surface area contributed by atoms with Gasteiger partial charge in [0.1, 0.15) is 5.82 Å². The lowest BCUT2D eigenvalue weighted by atomic mass is 9.86. The molecule has 1 saturated carbocycles. The second-order valence-corrected chi connectivity index (χ2v) is 10.8. The zero-order chi connectivity index (χ0) is 25.1. The molecular formula is C24H26Cl4N6S. The van der Waals surface area contributed by atoms with Crippen molar-refractivity contribution >= 4 is 92.1 Å². The number of rotatable bonds is 6. The van der Waals surface area contributed by atoms with Gasteiger partial charge in [0, 0.05) is 32.1 Å². The molecule has 0 saturated heterocycles. The number of anilines is 3. The lowest BCUT2D eigenvalue weighted by Gasteiger charge is -2.30. The minimum Gasteiger partial charge on any atom is -0.362 e. The molecule has 1 heterocycles. The van der Waals surface area contributed by atoms with Crippen LogP contribution in [0.15, 0.2) is 30.3 Å². The molecule has 3 aromatic rings. The quantitative estimate of drug-likeness (QED) is 0.212. The van der Waals surface area contributed by atoms with Gasteiger partial charge in [0.05, 0.1) is 31.3 Å². The highest BCUT2D eigenvalue weighted by Gasteiger charge is 2.23. The number of halogens is 4. The van der Waals surface area contributed by atoms with Gasteiger partial charge in [-0.05, 0) is 62.0 Å². The summed E-state index contributed by atoms with van der Waals surface area (Å²) >= 11 is 30.2. The van der Waals surface area contributed by atoms with Gasteiger partial charge in [-0.3, -0.25) is 0 Å². The molecule has 0 aliphatic heterocycles. The Balaban J connectivity index is 1.30. The third-order valence-electron chi connectivity index (χ3n) is 6.09. The fourth-order valence-electron chi connectivity index (χ4n) is 4.24. The average molecular weight is 572 g/mol. The Morgan fingerprint density at radius 1 is 1.00 bits per heavy atom. The molecule has 0 amide bonds. The van der Waals surface area contributed by atoms with Crippen molar-refractivity contribution in [3.63, 3.8) is 0 Å². The van der Waals surface area contributed by atoms with Crippen LogP contribution in [0.3, 0.4) is 0 Å². The molecule has 0 radical (unpaired) electrons. The molecule has 4 rings (SSSR count). The maximum Gasteiger partial charge on any atom is 0.225 e. The molecule has 11 heteroatoms. The van der Waals surface area contributed by atoms with E-state index in [-0.39, 0.29) is 10.0 Å². The van der Waals surface area contributed by atoms with E-state index in [1.807, 2.05) is 37.2 Å². The van der Waals surface area contributed by atoms with Gasteiger partial charge in [0.15, 0.2) is 5.11 Å². The predicted molar refractivity (Wildman–Crippen MR) is 154 cm³/mol. The highest BCUT2D eigenvalue weighted by atomic mass is 35.5. The van der Waals surface area contributed by atoms with Crippen molar-refractivity contribution in [2.24, 2.45) is 5.92 Å². The molecule has 6 nitrogen and oxygen atoms in total. The summed E-state index contributed by atoms with van der Waals surface area (Å²) in [5, 5.41) is 12.5. The average Bonchev–Trinajstić information content (AvgIpc) is 2.84. The summed E-state index contributed by atoms with van der Waals surface area (Å²) in [7, 11) is 4.00. The molecule has 3 N–H and O–H groups in total. The zero-order valence-corrected chi connectivity index (χ0v) is 23.2. The number of thiocarbonyl (C=S) groups is 1. The van der Waals surface area contributed by atoms with Crippen molar-refractivity contribution in [2.45, 2.75) is 31.7 Å². The van der Waals surface area contributed by atoms with Crippen LogP contribution in [0.4, 0.5) is 17.5 Å². The topological polar surface area (TPSA) is 65.1 Å². The normalized spacial score (nSPS) is 17.8. The molecule has 186 valence electrons. The van der Waals surface area contributed by atoms with Crippen LogP contribution >= 0.6 is 58.6 Å². The Labute approximate surface area is 230 Å². The summed E-state index contributed by atoms with van der Waals surface area (Å²) in [5.41, 5.74) is 1.34. The summed E-state index contributed by atoms with van der Waals surface area (Å²) in [4.78, 5) is 11.5. The Kier molecular flexibility index (Phi) is 8.66. The van der Waals surface area contributed by atoms with Gasteiger partial charge in [-0.25, -0.2) is 4.98 Å². The van der Waals surface area contributed by atoms with Gasteiger partial charge < -0.3 is 20.9 Å². The molecule has 1 fully saturated rings. The molecule has 0 spiro atoms. The molecule has 35 heavy (non-hydrogen) atoms. The maximum atomic E-state index is 6.26. The molecule has 0 atom stereocenters. The van der Waals surface area contributed by atoms with Crippen LogP contribution in [-0.2, 0) is 0 Å². The van der Waals surface area contributed by atoms with Crippen LogP contribution < -0.4 is 20.9 Å². The summed E-state index contributed by atoms with van der Waals surface area (Å²) in [6.45, 7) is 0.749. The fourth-order valence-corrected chi connectivity index (χ4v) is 5.33. The monoisotopic (exact) mass is 570 g/mol. The molecule has 1 aromatic heterocycles. The van der Waals surface area contributed by atoms with E-state index in [9.17, 15) is 0 Å². The van der Waals surface area contributed by atoms with Crippen LogP contribution in [0.5, 0.6) is 0 Å². The van der Waals surface area contributed by atoms with Crippen LogP contribution in [0.2, 0.25) is 20.1 Å². The van der Waals surface area contributed by atoms with Gasteiger partial charge in [0.2, 0.25) is 5.95 Å². The Hall–Kier alpha value is -1.77. The zero-order valence-electron chi connectivity index (χ0n) is 19.3. The van der Waals surface area contributed by atoms with Gasteiger partial charge >= 0.3 is 0 Å². The van der Waals surface area contributed by atoms with Crippen molar-refractivity contribution < 1.29 is 0 Å². The largest absolute Gasteiger partial charge is 0.362 e. The highest BCUT2D eigenvalue weighted by Crippen LogP contribution is 2.41. The lowest BCUT2D eigenvalue weighted by molar-refractivity contribution is 0.336. The first-order valence-electron chi connectivity index (χ1n) is 11.3. The van der Waals surface area contributed by atoms with E-state index in [0.717, 1.165) is 48.9 Å². The first-order chi connectivity index (χ1) is 16.7. The number of fused-ring (bicyclic) bond motifs is 1. The van der Waals surface area contributed by atoms with E-state index < -0.39 is 0 Å². The van der Waals surface area contributed by atoms with Crippen LogP contribution in [-0.4, -0.2) is 41.8 Å². The smallest absolute Gasteiger partial charge is 0.225 e. The minimum absolute atomic E-state index is 0.283. The van der Waals surface area contributed by atoms with Gasteiger partial charge in [-0.2, -0.15) is 4.98 Å². The third-order valence-corrected chi connectivity index (χ3v) is 7.91. The SMILES string of the molecule is CN(C)c1nc(NC2CCC(CNC(=S)Nc3c(Cl)c(Cl)cc(Cl)c3Cl)CC2)nc2ccccc12. The number of benzene rings is 2. The van der Waals surface area contributed by atoms with E-state index in [1.54, 1.807) is 0 Å². The van der Waals surface area contributed by atoms with Crippen LogP contribution in [0, 0.1) is 5.92 Å². The Bertz CT molecular complexity index is 1200. The van der Waals surface area contributed by atoms with Crippen LogP contribution in [0.25, 0.3) is 10.9 Å². The van der Waals surface area contributed by atoms with E-state index >= 15 is 0 Å². The number of aromatic nitrogens is 2. The predicted octanol–water partition coefficient (Wildman–Crippen LogP) is 7.27. The molecule has 0 unspecified atom stereocenters. The Morgan fingerprint density at radius 2 is 1.66 bits per heavy atom. The van der Waals surface area contributed by atoms with E-state index in [2.05, 4.69) is 22.0 Å². The Morgan fingerprint density at radius 3 is 2.31 bits per heavy atom. The van der Waals surface area contributed by atoms with E-state index in [1.165, 1.54) is 6.07 Å². The molecule has 1 aliphatic carbocycles. The highest BCUT2D eigenvalue weighted by molar-refractivity contribution is 7.80. The number of nitrogens with zero attached hydrogens (tertiary/aromatic N) is 3. The second kappa shape index (κ2) is 11.5. The number of hydrogen-bond donors (Lipinski definition) is 3. The van der Waals surface area contributed by atoms with E-state index in [4.69, 9.17) is 68.6 Å². The lowest BCUT2D eigenvalue weighted by Crippen LogP contribution is -2.36. The summed E-state index contributed by atoms with van der Waals surface area (Å²) < 4.78 is 0. The number of para-hydroxylation sites is 1. The summed E-state index contributed by atoms with van der Waals surface area (Å²) in [6.07, 6.45) is 4.18. The minimum atomic E-state index is 0.283. The second-order valence-electron chi connectivity index (χ2n) is 8.82. The third kappa shape index (κ3) is 6.33. The number of hydrogen-bond acceptors (Lipinski definition) is 5. The van der Waals surface area contributed by atoms with Crippen molar-refractivity contribution in [3.8, 4) is 0 Å². The van der Waals surface area contributed by atoms with Gasteiger partial charge in [0.25, 0.3) is 0 Å². The van der Waals surface area contributed by atoms with Crippen LogP contribution in [0.1, 0.15) is 25.7 Å². The van der Waals surface area contributed by atoms with Crippen molar-refractivity contribution in [2.75, 3.05) is 36.2 Å². The number of nitrogens with one attached hydrogen (secondary N) is 3. The summed E-state index contributed by atoms with van der Waals surface area (Å²) in [6, 6.07) is 9.92. The fraction of sp³-hybridized carbons (Fsp3) is 0.375. The maximum absolute atomic E-state index is 6.26. The van der Waals surface area contributed by atoms with E-state index in [0.29, 0.717) is 38.8 Å². The molecule has 1 aliphatic rings. The molecule has 2 aromatic carbocycles. The van der Waals surface area contributed by atoms with Crippen molar-refractivity contribution in [3.05, 3.63) is 50.4 Å². The standard InChI is InChI=1S/C24H26Cl4N6S/c1-34(2)22-15-5-3-4-6-18(15)31-23(33-22)30-14-9-7-13(8-10-14)12-29-24(35)32-21-19(27)16(25)11-17(26)20(21)28/h3-6,11,13-14H,7-10,12H2,1-2H3,(H2,29,32,35)(H,30,31,33).